The van der Waals surface area contributed by atoms with E-state index < -0.39 is 0 Å². The zero-order valence-corrected chi connectivity index (χ0v) is 18.1. The molecule has 0 N–H and O–H groups in total. The second-order valence-electron chi connectivity index (χ2n) is 9.90. The second-order valence-corrected chi connectivity index (χ2v) is 11.1. The molecule has 0 aliphatic heterocycles. The van der Waals surface area contributed by atoms with Crippen molar-refractivity contribution in [2.75, 3.05) is 13.2 Å². The van der Waals surface area contributed by atoms with Gasteiger partial charge in [0.1, 0.15) is 0 Å². The van der Waals surface area contributed by atoms with Crippen LogP contribution in [0.15, 0.2) is 11.3 Å². The summed E-state index contributed by atoms with van der Waals surface area (Å²) < 4.78 is 9.94. The third kappa shape index (κ3) is 3.16. The maximum Gasteiger partial charge on any atom is 0.0698 e. The number of halogens is 1. The lowest BCUT2D eigenvalue weighted by Crippen LogP contribution is -2.64. The van der Waals surface area contributed by atoms with Crippen LogP contribution < -0.4 is 0 Å². The van der Waals surface area contributed by atoms with Gasteiger partial charge in [-0.05, 0) is 89.8 Å². The first-order chi connectivity index (χ1) is 12.2. The van der Waals surface area contributed by atoms with Crippen molar-refractivity contribution in [2.24, 2.45) is 21.4 Å². The molecule has 4 fully saturated rings. The van der Waals surface area contributed by atoms with E-state index in [1.54, 1.807) is 0 Å². The standard InChI is InChI=1S/C19H28IN5O/c1-14-15(20)6-23-25(14)13-18-8-16(2)7-17(3,9-18)11-19(10-16,12-18)26-5-4-22-24-21/h6H,4-5,7-13H2,1-3H3. The summed E-state index contributed by atoms with van der Waals surface area (Å²) in [7, 11) is 0. The lowest BCUT2D eigenvalue weighted by molar-refractivity contribution is -0.247. The average molecular weight is 469 g/mol. The molecule has 2 unspecified atom stereocenters. The minimum Gasteiger partial charge on any atom is -0.375 e. The molecule has 1 aromatic rings. The van der Waals surface area contributed by atoms with Crippen molar-refractivity contribution in [3.8, 4) is 0 Å². The number of aromatic nitrogens is 2. The van der Waals surface area contributed by atoms with E-state index in [2.05, 4.69) is 63.2 Å². The van der Waals surface area contributed by atoms with E-state index in [0.29, 0.717) is 24.0 Å². The van der Waals surface area contributed by atoms with Crippen molar-refractivity contribution in [3.63, 3.8) is 0 Å². The average Bonchev–Trinajstić information content (AvgIpc) is 2.80. The van der Waals surface area contributed by atoms with Gasteiger partial charge in [-0.25, -0.2) is 0 Å². The second kappa shape index (κ2) is 6.11. The predicted octanol–water partition coefficient (Wildman–Crippen LogP) is 5.24. The highest BCUT2D eigenvalue weighted by molar-refractivity contribution is 14.1. The fourth-order valence-corrected chi connectivity index (χ4v) is 7.80. The largest absolute Gasteiger partial charge is 0.375 e. The molecule has 4 bridgehead atoms. The number of ether oxygens (including phenoxy) is 1. The zero-order valence-electron chi connectivity index (χ0n) is 16.0. The Kier molecular flexibility index (Phi) is 4.36. The zero-order chi connectivity index (χ0) is 18.6. The molecule has 0 aromatic carbocycles. The van der Waals surface area contributed by atoms with Crippen LogP contribution in [0.1, 0.15) is 58.1 Å². The molecule has 1 aromatic heterocycles. The number of hydrogen-bond donors (Lipinski definition) is 0. The van der Waals surface area contributed by atoms with E-state index in [1.807, 2.05) is 6.20 Å². The van der Waals surface area contributed by atoms with Gasteiger partial charge in [-0.1, -0.05) is 19.0 Å². The van der Waals surface area contributed by atoms with Crippen LogP contribution in [-0.2, 0) is 11.3 Å². The molecule has 26 heavy (non-hydrogen) atoms. The summed E-state index contributed by atoms with van der Waals surface area (Å²) in [5, 5.41) is 8.32. The fourth-order valence-electron chi connectivity index (χ4n) is 7.40. The van der Waals surface area contributed by atoms with Gasteiger partial charge in [-0.15, -0.1) is 0 Å². The Morgan fingerprint density at radius 3 is 2.50 bits per heavy atom. The van der Waals surface area contributed by atoms with Crippen LogP contribution in [0.3, 0.4) is 0 Å². The molecule has 4 aliphatic rings. The van der Waals surface area contributed by atoms with E-state index in [9.17, 15) is 0 Å². The summed E-state index contributed by atoms with van der Waals surface area (Å²) in [5.41, 5.74) is 10.7. The summed E-state index contributed by atoms with van der Waals surface area (Å²) >= 11 is 2.37. The molecule has 0 radical (unpaired) electrons. The van der Waals surface area contributed by atoms with Gasteiger partial charge >= 0.3 is 0 Å². The van der Waals surface area contributed by atoms with Gasteiger partial charge in [0.05, 0.1) is 22.0 Å². The number of hydrogen-bond acceptors (Lipinski definition) is 3. The number of nitrogens with zero attached hydrogens (tertiary/aromatic N) is 5. The smallest absolute Gasteiger partial charge is 0.0698 e. The molecule has 2 atom stereocenters. The van der Waals surface area contributed by atoms with Gasteiger partial charge in [0, 0.05) is 23.7 Å². The Bertz CT molecular complexity index is 750. The maximum atomic E-state index is 8.53. The van der Waals surface area contributed by atoms with Crippen molar-refractivity contribution >= 4 is 22.6 Å². The molecule has 1 heterocycles. The van der Waals surface area contributed by atoms with Crippen molar-refractivity contribution < 1.29 is 4.74 Å². The third-order valence-electron chi connectivity index (χ3n) is 6.84. The molecule has 6 nitrogen and oxygen atoms in total. The Balaban J connectivity index is 1.63. The van der Waals surface area contributed by atoms with E-state index in [0.717, 1.165) is 25.8 Å². The molecule has 4 aliphatic carbocycles. The van der Waals surface area contributed by atoms with Crippen LogP contribution in [0.25, 0.3) is 10.4 Å². The van der Waals surface area contributed by atoms with E-state index in [-0.39, 0.29) is 11.0 Å². The molecule has 7 heteroatoms. The molecule has 142 valence electrons. The molecule has 4 saturated carbocycles. The topological polar surface area (TPSA) is 75.8 Å². The molecule has 0 spiro atoms. The van der Waals surface area contributed by atoms with E-state index in [1.165, 1.54) is 28.5 Å². The first-order valence-corrected chi connectivity index (χ1v) is 10.6. The predicted molar refractivity (Wildman–Crippen MR) is 109 cm³/mol. The highest BCUT2D eigenvalue weighted by atomic mass is 127. The number of azide groups is 1. The van der Waals surface area contributed by atoms with E-state index >= 15 is 0 Å². The van der Waals surface area contributed by atoms with E-state index in [4.69, 9.17) is 10.3 Å². The van der Waals surface area contributed by atoms with Crippen LogP contribution in [-0.4, -0.2) is 28.5 Å². The Labute approximate surface area is 168 Å². The van der Waals surface area contributed by atoms with Crippen molar-refractivity contribution in [2.45, 2.75) is 71.4 Å². The first kappa shape index (κ1) is 18.6. The Morgan fingerprint density at radius 1 is 1.23 bits per heavy atom. The summed E-state index contributed by atoms with van der Waals surface area (Å²) in [6, 6.07) is 0. The summed E-state index contributed by atoms with van der Waals surface area (Å²) in [6.07, 6.45) is 9.22. The third-order valence-corrected chi connectivity index (χ3v) is 7.90. The lowest BCUT2D eigenvalue weighted by Gasteiger charge is -2.69. The molecule has 0 saturated heterocycles. The normalized spacial score (nSPS) is 40.6. The highest BCUT2D eigenvalue weighted by Crippen LogP contribution is 2.72. The molecular formula is C19H28IN5O. The van der Waals surface area contributed by atoms with Crippen LogP contribution in [0, 0.1) is 26.7 Å². The van der Waals surface area contributed by atoms with Gasteiger partial charge in [-0.2, -0.15) is 5.10 Å². The highest BCUT2D eigenvalue weighted by Gasteiger charge is 2.66. The Morgan fingerprint density at radius 2 is 1.92 bits per heavy atom. The minimum atomic E-state index is -0.0581. The molecular weight excluding hydrogens is 441 g/mol. The van der Waals surface area contributed by atoms with Crippen LogP contribution in [0.5, 0.6) is 0 Å². The van der Waals surface area contributed by atoms with Gasteiger partial charge < -0.3 is 4.74 Å². The number of rotatable bonds is 6. The van der Waals surface area contributed by atoms with Crippen LogP contribution >= 0.6 is 22.6 Å². The summed E-state index contributed by atoms with van der Waals surface area (Å²) in [5.74, 6) is 0. The summed E-state index contributed by atoms with van der Waals surface area (Å²) in [4.78, 5) is 2.86. The van der Waals surface area contributed by atoms with Crippen molar-refractivity contribution in [3.05, 3.63) is 25.9 Å². The van der Waals surface area contributed by atoms with Crippen molar-refractivity contribution in [1.29, 1.82) is 0 Å². The van der Waals surface area contributed by atoms with Crippen LogP contribution in [0.4, 0.5) is 0 Å². The van der Waals surface area contributed by atoms with Gasteiger partial charge in [-0.3, -0.25) is 4.68 Å². The van der Waals surface area contributed by atoms with Crippen LogP contribution in [0.2, 0.25) is 0 Å². The van der Waals surface area contributed by atoms with Gasteiger partial charge in [0.2, 0.25) is 0 Å². The Hall–Kier alpha value is -0.790. The minimum absolute atomic E-state index is 0.0581. The van der Waals surface area contributed by atoms with Gasteiger partial charge in [0.15, 0.2) is 0 Å². The SMILES string of the molecule is Cc1c(I)cnn1CC12CC3(C)CC(C)(C1)CC(OCCN=[N+]=[N-])(C3)C2. The van der Waals surface area contributed by atoms with Crippen molar-refractivity contribution in [1.82, 2.24) is 9.78 Å². The maximum absolute atomic E-state index is 8.53. The lowest BCUT2D eigenvalue weighted by atomic mass is 9.39. The first-order valence-electron chi connectivity index (χ1n) is 9.53. The van der Waals surface area contributed by atoms with Gasteiger partial charge in [0.25, 0.3) is 0 Å². The summed E-state index contributed by atoms with van der Waals surface area (Å²) in [6.45, 7) is 9.05. The quantitative estimate of drug-likeness (QED) is 0.188. The molecule has 0 amide bonds. The fraction of sp³-hybridized carbons (Fsp3) is 0.842. The monoisotopic (exact) mass is 469 g/mol. The molecule has 5 rings (SSSR count).